The zero-order valence-corrected chi connectivity index (χ0v) is 8.12. The quantitative estimate of drug-likeness (QED) is 0.375. The first-order valence-corrected chi connectivity index (χ1v) is 4.06. The predicted molar refractivity (Wildman–Crippen MR) is 48.1 cm³/mol. The van der Waals surface area contributed by atoms with Gasteiger partial charge in [0.15, 0.2) is 0 Å². The Morgan fingerprint density at radius 1 is 1.64 bits per heavy atom. The number of ether oxygens (including phenoxy) is 1. The van der Waals surface area contributed by atoms with Gasteiger partial charge in [-0.25, -0.2) is 10.3 Å². The van der Waals surface area contributed by atoms with Gasteiger partial charge < -0.3 is 9.57 Å². The van der Waals surface area contributed by atoms with Crippen LogP contribution in [0.5, 0.6) is 0 Å². The first-order chi connectivity index (χ1) is 6.56. The molecule has 0 amide bonds. The molecule has 0 saturated heterocycles. The molecule has 14 heavy (non-hydrogen) atoms. The Kier molecular flexibility index (Phi) is 6.09. The molecule has 1 unspecified atom stereocenters. The number of hydrogen-bond acceptors (Lipinski definition) is 5. The smallest absolute Gasteiger partial charge is 0.417 e. The van der Waals surface area contributed by atoms with E-state index in [1.54, 1.807) is 6.92 Å². The van der Waals surface area contributed by atoms with Gasteiger partial charge in [0.25, 0.3) is 0 Å². The summed E-state index contributed by atoms with van der Waals surface area (Å²) in [4.78, 5) is 24.5. The van der Waals surface area contributed by atoms with E-state index >= 15 is 0 Å². The van der Waals surface area contributed by atoms with E-state index in [1.165, 1.54) is 13.4 Å². The summed E-state index contributed by atoms with van der Waals surface area (Å²) in [6.07, 6.45) is 0.328. The van der Waals surface area contributed by atoms with Crippen LogP contribution in [0, 0.1) is 11.3 Å². The summed E-state index contributed by atoms with van der Waals surface area (Å²) < 4.78 is 4.38. The van der Waals surface area contributed by atoms with Gasteiger partial charge in [0.05, 0.1) is 6.61 Å². The van der Waals surface area contributed by atoms with Crippen molar-refractivity contribution in [3.63, 3.8) is 0 Å². The third kappa shape index (κ3) is 7.08. The fourth-order valence-corrected chi connectivity index (χ4v) is 0.759. The van der Waals surface area contributed by atoms with Crippen LogP contribution in [0.3, 0.4) is 0 Å². The summed E-state index contributed by atoms with van der Waals surface area (Å²) >= 11 is 0. The Labute approximate surface area is 82.0 Å². The highest BCUT2D eigenvalue weighted by molar-refractivity contribution is 5.79. The molecule has 0 spiro atoms. The largest absolute Gasteiger partial charge is 0.457 e. The van der Waals surface area contributed by atoms with Crippen LogP contribution in [0.25, 0.3) is 0 Å². The normalized spacial score (nSPS) is 11.3. The van der Waals surface area contributed by atoms with Gasteiger partial charge in [0, 0.05) is 13.3 Å². The van der Waals surface area contributed by atoms with E-state index in [1.807, 2.05) is 0 Å². The lowest BCUT2D eigenvalue weighted by Gasteiger charge is -2.11. The van der Waals surface area contributed by atoms with E-state index in [-0.39, 0.29) is 18.4 Å². The van der Waals surface area contributed by atoms with Gasteiger partial charge in [-0.2, -0.15) is 0 Å². The number of carbonyl (C=O) groups is 1. The maximum atomic E-state index is 10.3. The minimum atomic E-state index is -0.514. The van der Waals surface area contributed by atoms with Gasteiger partial charge in [-0.3, -0.25) is 10.2 Å². The van der Waals surface area contributed by atoms with E-state index in [2.05, 4.69) is 15.1 Å². The monoisotopic (exact) mass is 201 g/mol. The zero-order valence-electron chi connectivity index (χ0n) is 8.12. The molecule has 1 radical (unpaired) electrons. The molecule has 2 N–H and O–H groups in total. The van der Waals surface area contributed by atoms with Crippen LogP contribution in [-0.4, -0.2) is 24.9 Å². The van der Waals surface area contributed by atoms with Crippen molar-refractivity contribution in [3.8, 4) is 0 Å². The average molecular weight is 201 g/mol. The van der Waals surface area contributed by atoms with Crippen LogP contribution in [0.4, 0.5) is 0 Å². The van der Waals surface area contributed by atoms with Crippen LogP contribution < -0.4 is 5.48 Å². The van der Waals surface area contributed by atoms with E-state index in [9.17, 15) is 9.59 Å². The molecule has 6 nitrogen and oxygen atoms in total. The van der Waals surface area contributed by atoms with Crippen molar-refractivity contribution in [2.24, 2.45) is 5.92 Å². The Bertz CT molecular complexity index is 217. The van der Waals surface area contributed by atoms with Gasteiger partial charge in [-0.1, -0.05) is 6.92 Å². The lowest BCUT2D eigenvalue weighted by atomic mass is 10.1. The van der Waals surface area contributed by atoms with Crippen molar-refractivity contribution in [1.82, 2.24) is 5.48 Å². The summed E-state index contributed by atoms with van der Waals surface area (Å²) in [6.45, 7) is 4.51. The molecule has 0 saturated carbocycles. The fraction of sp³-hybridized carbons (Fsp3) is 0.625. The summed E-state index contributed by atoms with van der Waals surface area (Å²) in [5.41, 5.74) is 2.17. The van der Waals surface area contributed by atoms with Gasteiger partial charge in [0.2, 0.25) is 0 Å². The van der Waals surface area contributed by atoms with Gasteiger partial charge >= 0.3 is 12.4 Å². The highest BCUT2D eigenvalue weighted by Crippen LogP contribution is 2.01. The van der Waals surface area contributed by atoms with E-state index in [0.29, 0.717) is 6.42 Å². The van der Waals surface area contributed by atoms with Crippen molar-refractivity contribution < 1.29 is 19.2 Å². The van der Waals surface area contributed by atoms with Crippen molar-refractivity contribution in [2.45, 2.75) is 20.3 Å². The molecule has 0 aromatic carbocycles. The zero-order chi connectivity index (χ0) is 11.0. The fourth-order valence-electron chi connectivity index (χ4n) is 0.759. The molecule has 0 fully saturated rings. The number of amidine groups is 1. The summed E-state index contributed by atoms with van der Waals surface area (Å²) in [6, 6.07) is 0. The van der Waals surface area contributed by atoms with Crippen LogP contribution in [0.15, 0.2) is 0 Å². The number of hydroxylamine groups is 1. The second-order valence-electron chi connectivity index (χ2n) is 2.88. The Balaban J connectivity index is 3.59. The molecular weight excluding hydrogens is 188 g/mol. The van der Waals surface area contributed by atoms with E-state index < -0.39 is 5.97 Å². The molecule has 0 rings (SSSR count). The first-order valence-electron chi connectivity index (χ1n) is 4.06. The molecule has 0 aromatic heterocycles. The highest BCUT2D eigenvalue weighted by Gasteiger charge is 2.07. The van der Waals surface area contributed by atoms with Crippen LogP contribution in [0.2, 0.25) is 0 Å². The minimum Gasteiger partial charge on any atom is -0.457 e. The number of carbonyl (C=O) groups excluding carboxylic acids is 2. The molecule has 0 aliphatic rings. The molecule has 0 aliphatic carbocycles. The molecule has 0 aliphatic heterocycles. The predicted octanol–water partition coefficient (Wildman–Crippen LogP) is 0.141. The average Bonchev–Trinajstić information content (AvgIpc) is 2.11. The van der Waals surface area contributed by atoms with Crippen LogP contribution in [-0.2, 0) is 19.2 Å². The highest BCUT2D eigenvalue weighted by atomic mass is 16.7. The maximum Gasteiger partial charge on any atom is 0.417 e. The number of hydrogen-bond donors (Lipinski definition) is 2. The van der Waals surface area contributed by atoms with Gasteiger partial charge in [-0.05, 0) is 5.92 Å². The standard InChI is InChI=1S/C8H13N2O4/c1-6(4-13-5-11)3-8(9)10-14-7(2)12/h6H,3-4H2,1-2H3,(H2,9,10). The van der Waals surface area contributed by atoms with Gasteiger partial charge in [-0.15, -0.1) is 0 Å². The SMILES string of the molecule is CC(=O)ONC(=N)CC(C)CO[C]=O. The lowest BCUT2D eigenvalue weighted by molar-refractivity contribution is -0.145. The van der Waals surface area contributed by atoms with Crippen molar-refractivity contribution in [3.05, 3.63) is 0 Å². The molecule has 79 valence electrons. The third-order valence-electron chi connectivity index (χ3n) is 1.30. The first kappa shape index (κ1) is 12.4. The summed E-state index contributed by atoms with van der Waals surface area (Å²) in [5, 5.41) is 7.31. The maximum absolute atomic E-state index is 10.3. The van der Waals surface area contributed by atoms with E-state index in [0.717, 1.165) is 0 Å². The second-order valence-corrected chi connectivity index (χ2v) is 2.88. The van der Waals surface area contributed by atoms with Crippen LogP contribution >= 0.6 is 0 Å². The molecule has 0 bridgehead atoms. The van der Waals surface area contributed by atoms with Crippen molar-refractivity contribution in [2.75, 3.05) is 6.61 Å². The van der Waals surface area contributed by atoms with Crippen LogP contribution in [0.1, 0.15) is 20.3 Å². The molecule has 6 heteroatoms. The van der Waals surface area contributed by atoms with Gasteiger partial charge in [0.1, 0.15) is 5.84 Å². The Hall–Kier alpha value is -1.59. The third-order valence-corrected chi connectivity index (χ3v) is 1.30. The number of nitrogens with one attached hydrogen (secondary N) is 2. The molecule has 1 atom stereocenters. The topological polar surface area (TPSA) is 88.5 Å². The second kappa shape index (κ2) is 6.88. The molecular formula is C8H13N2O4. The Morgan fingerprint density at radius 2 is 2.29 bits per heavy atom. The molecule has 0 heterocycles. The Morgan fingerprint density at radius 3 is 2.79 bits per heavy atom. The minimum absolute atomic E-state index is 0.0213. The summed E-state index contributed by atoms with van der Waals surface area (Å²) in [7, 11) is 0. The summed E-state index contributed by atoms with van der Waals surface area (Å²) in [5.74, 6) is -0.478. The van der Waals surface area contributed by atoms with E-state index in [4.69, 9.17) is 5.41 Å². The molecule has 0 aromatic rings. The lowest BCUT2D eigenvalue weighted by Crippen LogP contribution is -2.27. The van der Waals surface area contributed by atoms with Crippen molar-refractivity contribution >= 4 is 18.3 Å². The van der Waals surface area contributed by atoms with Crippen molar-refractivity contribution in [1.29, 1.82) is 5.41 Å². The number of rotatable bonds is 5.